The van der Waals surface area contributed by atoms with Crippen LogP contribution in [0.25, 0.3) is 0 Å². The van der Waals surface area contributed by atoms with E-state index in [1.54, 1.807) is 11.8 Å². The van der Waals surface area contributed by atoms with Crippen molar-refractivity contribution in [3.63, 3.8) is 0 Å². The van der Waals surface area contributed by atoms with Crippen LogP contribution >= 0.6 is 27.5 Å². The van der Waals surface area contributed by atoms with Gasteiger partial charge in [-0.3, -0.25) is 9.59 Å². The number of carbonyl (C=O) groups excluding carboxylic acids is 2. The molecule has 0 fully saturated rings. The van der Waals surface area contributed by atoms with Crippen LogP contribution in [0.3, 0.4) is 0 Å². The minimum Gasteiger partial charge on any atom is -0.354 e. The fourth-order valence-corrected chi connectivity index (χ4v) is 3.71. The van der Waals surface area contributed by atoms with Crippen LogP contribution in [0.15, 0.2) is 53.0 Å². The Kier molecular flexibility index (Phi) is 9.68. The first-order valence-corrected chi connectivity index (χ1v) is 11.1. The van der Waals surface area contributed by atoms with Crippen LogP contribution in [0, 0.1) is 0 Å². The summed E-state index contributed by atoms with van der Waals surface area (Å²) < 4.78 is 0.943. The minimum absolute atomic E-state index is 0.0666. The molecule has 1 atom stereocenters. The first-order valence-electron chi connectivity index (χ1n) is 9.97. The van der Waals surface area contributed by atoms with Crippen LogP contribution in [0.2, 0.25) is 5.02 Å². The predicted octanol–water partition coefficient (Wildman–Crippen LogP) is 5.37. The second-order valence-corrected chi connectivity index (χ2v) is 8.39. The average molecular weight is 480 g/mol. The summed E-state index contributed by atoms with van der Waals surface area (Å²) in [6.45, 7) is 4.86. The second kappa shape index (κ2) is 12.0. The smallest absolute Gasteiger partial charge is 0.242 e. The van der Waals surface area contributed by atoms with Crippen molar-refractivity contribution < 1.29 is 9.59 Å². The summed E-state index contributed by atoms with van der Waals surface area (Å²) >= 11 is 9.69. The van der Waals surface area contributed by atoms with E-state index in [-0.39, 0.29) is 11.8 Å². The fourth-order valence-electron chi connectivity index (χ4n) is 3.04. The molecule has 156 valence electrons. The molecule has 0 heterocycles. The van der Waals surface area contributed by atoms with Gasteiger partial charge in [0.15, 0.2) is 0 Å². The van der Waals surface area contributed by atoms with Gasteiger partial charge in [0.05, 0.1) is 0 Å². The maximum Gasteiger partial charge on any atom is 0.242 e. The summed E-state index contributed by atoms with van der Waals surface area (Å²) in [7, 11) is 0. The Bertz CT molecular complexity index is 828. The normalized spacial score (nSPS) is 11.7. The van der Waals surface area contributed by atoms with E-state index >= 15 is 0 Å². The molecule has 6 heteroatoms. The van der Waals surface area contributed by atoms with Gasteiger partial charge >= 0.3 is 0 Å². The topological polar surface area (TPSA) is 49.4 Å². The molecule has 0 saturated carbocycles. The van der Waals surface area contributed by atoms with Gasteiger partial charge in [0, 0.05) is 29.0 Å². The summed E-state index contributed by atoms with van der Waals surface area (Å²) in [5.41, 5.74) is 1.91. The Hall–Kier alpha value is -1.85. The number of nitrogens with zero attached hydrogens (tertiary/aromatic N) is 1. The first-order chi connectivity index (χ1) is 13.9. The van der Waals surface area contributed by atoms with Crippen molar-refractivity contribution in [3.8, 4) is 0 Å². The molecular formula is C23H28BrClN2O2. The van der Waals surface area contributed by atoms with Crippen molar-refractivity contribution in [1.82, 2.24) is 10.2 Å². The number of nitrogens with one attached hydrogen (secondary N) is 1. The number of benzene rings is 2. The molecule has 29 heavy (non-hydrogen) atoms. The Morgan fingerprint density at radius 2 is 1.93 bits per heavy atom. The van der Waals surface area contributed by atoms with Crippen molar-refractivity contribution >= 4 is 39.3 Å². The maximum atomic E-state index is 13.1. The third-order valence-electron chi connectivity index (χ3n) is 4.80. The van der Waals surface area contributed by atoms with Crippen LogP contribution in [-0.4, -0.2) is 29.3 Å². The highest BCUT2D eigenvalue weighted by Gasteiger charge is 2.25. The quantitative estimate of drug-likeness (QED) is 0.466. The number of aryl methyl sites for hydroxylation is 1. The second-order valence-electron chi connectivity index (χ2n) is 7.06. The van der Waals surface area contributed by atoms with Crippen molar-refractivity contribution in [2.45, 2.75) is 52.1 Å². The lowest BCUT2D eigenvalue weighted by atomic mass is 10.1. The van der Waals surface area contributed by atoms with Crippen LogP contribution in [0.1, 0.15) is 44.2 Å². The summed E-state index contributed by atoms with van der Waals surface area (Å²) in [6.07, 6.45) is 2.76. The number of halogens is 2. The van der Waals surface area contributed by atoms with Crippen molar-refractivity contribution in [2.24, 2.45) is 0 Å². The zero-order valence-electron chi connectivity index (χ0n) is 17.0. The van der Waals surface area contributed by atoms with Gasteiger partial charge in [-0.1, -0.05) is 71.2 Å². The van der Waals surface area contributed by atoms with Gasteiger partial charge in [-0.2, -0.15) is 0 Å². The molecule has 0 bridgehead atoms. The molecule has 4 nitrogen and oxygen atoms in total. The zero-order chi connectivity index (χ0) is 21.2. The summed E-state index contributed by atoms with van der Waals surface area (Å²) in [4.78, 5) is 27.4. The van der Waals surface area contributed by atoms with E-state index in [1.165, 1.54) is 0 Å². The van der Waals surface area contributed by atoms with E-state index in [0.717, 1.165) is 28.4 Å². The molecule has 2 amide bonds. The maximum absolute atomic E-state index is 13.1. The largest absolute Gasteiger partial charge is 0.354 e. The molecule has 2 aromatic rings. The molecule has 0 aliphatic rings. The third-order valence-corrected chi connectivity index (χ3v) is 5.67. The molecule has 2 aromatic carbocycles. The van der Waals surface area contributed by atoms with Crippen LogP contribution in [0.4, 0.5) is 0 Å². The zero-order valence-corrected chi connectivity index (χ0v) is 19.3. The van der Waals surface area contributed by atoms with Gasteiger partial charge in [0.1, 0.15) is 6.04 Å². The standard InChI is InChI=1S/C23H28BrClN2O2/c1-3-4-14-26-23(29)17(2)27(16-18-8-7-10-20(24)15-18)22(28)13-12-19-9-5-6-11-21(19)25/h5-11,15,17H,3-4,12-14,16H2,1-2H3,(H,26,29). The van der Waals surface area contributed by atoms with Crippen LogP contribution < -0.4 is 5.32 Å². The lowest BCUT2D eigenvalue weighted by Gasteiger charge is -2.29. The number of hydrogen-bond acceptors (Lipinski definition) is 2. The summed E-state index contributed by atoms with van der Waals surface area (Å²) in [5, 5.41) is 3.59. The van der Waals surface area contributed by atoms with Gasteiger partial charge < -0.3 is 10.2 Å². The van der Waals surface area contributed by atoms with E-state index in [0.29, 0.717) is 31.0 Å². The Morgan fingerprint density at radius 3 is 2.62 bits per heavy atom. The predicted molar refractivity (Wildman–Crippen MR) is 122 cm³/mol. The van der Waals surface area contributed by atoms with Gasteiger partial charge in [-0.05, 0) is 49.1 Å². The molecule has 1 N–H and O–H groups in total. The highest BCUT2D eigenvalue weighted by molar-refractivity contribution is 9.10. The van der Waals surface area contributed by atoms with Crippen molar-refractivity contribution in [1.29, 1.82) is 0 Å². The molecule has 0 spiro atoms. The molecule has 0 aromatic heterocycles. The van der Waals surface area contributed by atoms with Gasteiger partial charge in [-0.15, -0.1) is 0 Å². The van der Waals surface area contributed by atoms with Gasteiger partial charge in [0.25, 0.3) is 0 Å². The van der Waals surface area contributed by atoms with E-state index in [9.17, 15) is 9.59 Å². The molecule has 0 radical (unpaired) electrons. The summed E-state index contributed by atoms with van der Waals surface area (Å²) in [6, 6.07) is 14.8. The van der Waals surface area contributed by atoms with Crippen molar-refractivity contribution in [3.05, 3.63) is 69.2 Å². The molecular weight excluding hydrogens is 452 g/mol. The lowest BCUT2D eigenvalue weighted by molar-refractivity contribution is -0.140. The Morgan fingerprint density at radius 1 is 1.17 bits per heavy atom. The molecule has 0 aliphatic carbocycles. The molecule has 2 rings (SSSR count). The summed E-state index contributed by atoms with van der Waals surface area (Å²) in [5.74, 6) is -0.192. The highest BCUT2D eigenvalue weighted by Crippen LogP contribution is 2.19. The Balaban J connectivity index is 2.12. The number of rotatable bonds is 10. The average Bonchev–Trinajstić information content (AvgIpc) is 2.71. The van der Waals surface area contributed by atoms with Crippen LogP contribution in [-0.2, 0) is 22.6 Å². The van der Waals surface area contributed by atoms with E-state index < -0.39 is 6.04 Å². The van der Waals surface area contributed by atoms with E-state index in [1.807, 2.05) is 48.5 Å². The molecule has 0 saturated heterocycles. The number of amides is 2. The molecule has 1 unspecified atom stereocenters. The minimum atomic E-state index is -0.551. The number of unbranched alkanes of at least 4 members (excludes halogenated alkanes) is 1. The number of hydrogen-bond donors (Lipinski definition) is 1. The van der Waals surface area contributed by atoms with E-state index in [4.69, 9.17) is 11.6 Å². The first kappa shape index (κ1) is 23.4. The lowest BCUT2D eigenvalue weighted by Crippen LogP contribution is -2.47. The monoisotopic (exact) mass is 478 g/mol. The van der Waals surface area contributed by atoms with Gasteiger partial charge in [0.2, 0.25) is 11.8 Å². The SMILES string of the molecule is CCCCNC(=O)C(C)N(Cc1cccc(Br)c1)C(=O)CCc1ccccc1Cl. The third kappa shape index (κ3) is 7.48. The van der Waals surface area contributed by atoms with Crippen LogP contribution in [0.5, 0.6) is 0 Å². The van der Waals surface area contributed by atoms with Crippen molar-refractivity contribution in [2.75, 3.05) is 6.54 Å². The van der Waals surface area contributed by atoms with E-state index in [2.05, 4.69) is 28.2 Å². The highest BCUT2D eigenvalue weighted by atomic mass is 79.9. The fraction of sp³-hybridized carbons (Fsp3) is 0.391. The number of carbonyl (C=O) groups is 2. The Labute approximate surface area is 186 Å². The molecule has 0 aliphatic heterocycles. The van der Waals surface area contributed by atoms with Gasteiger partial charge in [-0.25, -0.2) is 0 Å².